The third kappa shape index (κ3) is 6.37. The van der Waals surface area contributed by atoms with Gasteiger partial charge < -0.3 is 30.3 Å². The number of ketones is 1. The zero-order valence-electron chi connectivity index (χ0n) is 24.1. The van der Waals surface area contributed by atoms with E-state index in [0.29, 0.717) is 23.0 Å². The number of carbonyl (C=O) groups is 5. The minimum Gasteiger partial charge on any atom is -0.451 e. The molecule has 2 fully saturated rings. The number of pyridine rings is 1. The van der Waals surface area contributed by atoms with Crippen LogP contribution in [-0.2, 0) is 25.7 Å². The van der Waals surface area contributed by atoms with Crippen molar-refractivity contribution in [2.45, 2.75) is 64.1 Å². The smallest absolute Gasteiger partial charge is 0.287 e. The molecule has 2 aromatic heterocycles. The van der Waals surface area contributed by atoms with Crippen LogP contribution in [0.1, 0.15) is 54.6 Å². The summed E-state index contributed by atoms with van der Waals surface area (Å²) in [6, 6.07) is 8.87. The van der Waals surface area contributed by atoms with Crippen LogP contribution in [0.25, 0.3) is 11.0 Å². The Labute approximate surface area is 247 Å². The molecule has 5 rings (SSSR count). The molecule has 43 heavy (non-hydrogen) atoms. The number of furan rings is 1. The maximum atomic E-state index is 13.4. The second kappa shape index (κ2) is 12.6. The first-order valence-electron chi connectivity index (χ1n) is 14.5. The van der Waals surface area contributed by atoms with Gasteiger partial charge in [-0.2, -0.15) is 0 Å². The Hall–Kier alpha value is -4.74. The van der Waals surface area contributed by atoms with Crippen molar-refractivity contribution in [3.05, 3.63) is 64.3 Å². The fraction of sp³-hybridized carbons (Fsp3) is 0.419. The van der Waals surface area contributed by atoms with Crippen molar-refractivity contribution in [3.63, 3.8) is 0 Å². The summed E-state index contributed by atoms with van der Waals surface area (Å²) >= 11 is 0. The Bertz CT molecular complexity index is 1620. The van der Waals surface area contributed by atoms with Gasteiger partial charge in [0.15, 0.2) is 5.76 Å². The van der Waals surface area contributed by atoms with E-state index in [4.69, 9.17) is 4.42 Å². The molecule has 1 atom stereocenters. The molecule has 2 aliphatic rings. The van der Waals surface area contributed by atoms with Crippen LogP contribution in [0.2, 0.25) is 0 Å². The molecule has 4 N–H and O–H groups in total. The molecule has 0 aliphatic heterocycles. The minimum atomic E-state index is -1.29. The first-order valence-corrected chi connectivity index (χ1v) is 14.5. The summed E-state index contributed by atoms with van der Waals surface area (Å²) in [4.78, 5) is 76.5. The first kappa shape index (κ1) is 29.7. The highest BCUT2D eigenvalue weighted by atomic mass is 16.3. The van der Waals surface area contributed by atoms with Gasteiger partial charge in [-0.25, -0.2) is 0 Å². The topological polar surface area (TPSA) is 169 Å². The van der Waals surface area contributed by atoms with E-state index >= 15 is 0 Å². The number of carbonyl (C=O) groups excluding carboxylic acids is 5. The van der Waals surface area contributed by atoms with Crippen LogP contribution in [0.3, 0.4) is 0 Å². The molecule has 0 saturated heterocycles. The highest BCUT2D eigenvalue weighted by Crippen LogP contribution is 2.44. The van der Waals surface area contributed by atoms with E-state index in [0.717, 1.165) is 31.1 Å². The number of likely N-dealkylation sites (N-methyl/N-ethyl adjacent to an activating group) is 1. The highest BCUT2D eigenvalue weighted by Gasteiger charge is 2.42. The van der Waals surface area contributed by atoms with Crippen molar-refractivity contribution >= 4 is 46.1 Å². The highest BCUT2D eigenvalue weighted by molar-refractivity contribution is 6.36. The fourth-order valence-corrected chi connectivity index (χ4v) is 6.26. The molecule has 2 bridgehead atoms. The van der Waals surface area contributed by atoms with Crippen LogP contribution in [0.4, 0.5) is 5.69 Å². The molecule has 2 heterocycles. The lowest BCUT2D eigenvalue weighted by Crippen LogP contribution is -2.45. The summed E-state index contributed by atoms with van der Waals surface area (Å²) in [6.45, 7) is 1.51. The average Bonchev–Trinajstić information content (AvgIpc) is 3.68. The molecular weight excluding hydrogens is 554 g/mol. The van der Waals surface area contributed by atoms with Crippen molar-refractivity contribution in [2.75, 3.05) is 12.4 Å². The normalized spacial score (nSPS) is 19.5. The molecule has 1 aromatic carbocycles. The number of anilines is 1. The Morgan fingerprint density at radius 3 is 2.37 bits per heavy atom. The number of para-hydroxylation sites is 1. The van der Waals surface area contributed by atoms with Crippen molar-refractivity contribution in [1.29, 1.82) is 0 Å². The van der Waals surface area contributed by atoms with E-state index in [1.54, 1.807) is 25.1 Å². The zero-order chi connectivity index (χ0) is 30.7. The molecule has 2 saturated carbocycles. The monoisotopic (exact) mass is 589 g/mol. The van der Waals surface area contributed by atoms with Gasteiger partial charge in [-0.1, -0.05) is 18.2 Å². The molecule has 3 aromatic rings. The Morgan fingerprint density at radius 1 is 1.00 bits per heavy atom. The zero-order valence-corrected chi connectivity index (χ0v) is 24.1. The van der Waals surface area contributed by atoms with Crippen molar-refractivity contribution in [1.82, 2.24) is 20.5 Å². The van der Waals surface area contributed by atoms with Gasteiger partial charge in [0.25, 0.3) is 17.4 Å². The lowest BCUT2D eigenvalue weighted by atomic mass is 10.0. The van der Waals surface area contributed by atoms with Crippen LogP contribution in [-0.4, -0.2) is 53.1 Å². The van der Waals surface area contributed by atoms with Gasteiger partial charge >= 0.3 is 0 Å². The molecule has 0 unspecified atom stereocenters. The number of rotatable bonds is 11. The van der Waals surface area contributed by atoms with Gasteiger partial charge in [0.1, 0.15) is 23.9 Å². The molecule has 4 amide bonds. The van der Waals surface area contributed by atoms with Crippen molar-refractivity contribution in [2.24, 2.45) is 11.8 Å². The van der Waals surface area contributed by atoms with Gasteiger partial charge in [0.05, 0.1) is 0 Å². The molecule has 0 spiro atoms. The van der Waals surface area contributed by atoms with Crippen LogP contribution < -0.4 is 26.8 Å². The second-order valence-corrected chi connectivity index (χ2v) is 11.2. The van der Waals surface area contributed by atoms with E-state index < -0.39 is 35.1 Å². The number of fused-ring (bicyclic) bond motifs is 3. The third-order valence-electron chi connectivity index (χ3n) is 8.56. The van der Waals surface area contributed by atoms with E-state index in [1.807, 2.05) is 6.07 Å². The van der Waals surface area contributed by atoms with E-state index in [1.165, 1.54) is 29.9 Å². The third-order valence-corrected chi connectivity index (χ3v) is 8.56. The maximum Gasteiger partial charge on any atom is 0.287 e. The quantitative estimate of drug-likeness (QED) is 0.248. The predicted octanol–water partition coefficient (Wildman–Crippen LogP) is 2.04. The van der Waals surface area contributed by atoms with Crippen molar-refractivity contribution in [3.8, 4) is 0 Å². The lowest BCUT2D eigenvalue weighted by Gasteiger charge is -2.19. The summed E-state index contributed by atoms with van der Waals surface area (Å²) in [5, 5.41) is 11.2. The number of amides is 4. The molecular formula is C31H35N5O7. The van der Waals surface area contributed by atoms with Gasteiger partial charge in [0.2, 0.25) is 17.6 Å². The molecule has 12 nitrogen and oxygen atoms in total. The largest absolute Gasteiger partial charge is 0.451 e. The van der Waals surface area contributed by atoms with Gasteiger partial charge in [-0.05, 0) is 69.1 Å². The molecule has 226 valence electrons. The number of benzene rings is 1. The standard InChI is InChI=1S/C31H35N5O7/c1-17-20-6-3-4-8-24(20)43-27(17)30(41)33-21(13-14-23(37)29(40)32-2)28(39)34-22-7-5-15-36(31(22)42)16-25(38)35-26-18-9-10-19(26)12-11-18/h3-8,15,18-19,21,26H,9-14,16H2,1-2H3,(H,32,40)(H,33,41)(H,34,39)(H,35,38)/t18?,19?,21-,26?/m0/s1. The van der Waals surface area contributed by atoms with E-state index in [2.05, 4.69) is 21.3 Å². The Morgan fingerprint density at radius 2 is 1.70 bits per heavy atom. The number of nitrogens with zero attached hydrogens (tertiary/aromatic N) is 1. The van der Waals surface area contributed by atoms with Gasteiger partial charge in [0, 0.05) is 36.7 Å². The maximum absolute atomic E-state index is 13.4. The number of Topliss-reactive ketones (excluding diaryl/α,β-unsaturated/α-hetero) is 1. The van der Waals surface area contributed by atoms with Gasteiger partial charge in [-0.15, -0.1) is 0 Å². The Kier molecular flexibility index (Phi) is 8.74. The predicted molar refractivity (Wildman–Crippen MR) is 157 cm³/mol. The number of hydrogen-bond donors (Lipinski definition) is 4. The second-order valence-electron chi connectivity index (χ2n) is 11.2. The SMILES string of the molecule is CNC(=O)C(=O)CC[C@H](NC(=O)c1oc2ccccc2c1C)C(=O)Nc1cccn(CC(=O)NC2C3CCC2CC3)c1=O. The molecule has 12 heteroatoms. The summed E-state index contributed by atoms with van der Waals surface area (Å²) in [5.41, 5.74) is 0.372. The fourth-order valence-electron chi connectivity index (χ4n) is 6.26. The van der Waals surface area contributed by atoms with Crippen LogP contribution in [0.5, 0.6) is 0 Å². The summed E-state index contributed by atoms with van der Waals surface area (Å²) < 4.78 is 6.92. The number of hydrogen-bond acceptors (Lipinski definition) is 7. The number of aryl methyl sites for hydroxylation is 1. The van der Waals surface area contributed by atoms with E-state index in [9.17, 15) is 28.8 Å². The van der Waals surface area contributed by atoms with Crippen LogP contribution in [0.15, 0.2) is 51.8 Å². The molecule has 2 aliphatic carbocycles. The average molecular weight is 590 g/mol. The summed E-state index contributed by atoms with van der Waals surface area (Å²) in [7, 11) is 1.31. The van der Waals surface area contributed by atoms with E-state index in [-0.39, 0.29) is 42.8 Å². The Balaban J connectivity index is 1.30. The molecule has 0 radical (unpaired) electrons. The van der Waals surface area contributed by atoms with Crippen LogP contribution in [0, 0.1) is 18.8 Å². The van der Waals surface area contributed by atoms with Crippen LogP contribution >= 0.6 is 0 Å². The lowest BCUT2D eigenvalue weighted by molar-refractivity contribution is -0.137. The van der Waals surface area contributed by atoms with Crippen molar-refractivity contribution < 1.29 is 28.4 Å². The number of aromatic nitrogens is 1. The number of nitrogens with one attached hydrogen (secondary N) is 4. The summed E-state index contributed by atoms with van der Waals surface area (Å²) in [5.74, 6) is -2.34. The first-order chi connectivity index (χ1) is 20.7. The summed E-state index contributed by atoms with van der Waals surface area (Å²) in [6.07, 6.45) is 5.36. The van der Waals surface area contributed by atoms with Gasteiger partial charge in [-0.3, -0.25) is 28.8 Å². The minimum absolute atomic E-state index is 0.000376.